The summed E-state index contributed by atoms with van der Waals surface area (Å²) in [5.74, 6) is 0.951. The molecule has 0 spiro atoms. The fourth-order valence-electron chi connectivity index (χ4n) is 3.18. The van der Waals surface area contributed by atoms with Crippen LogP contribution in [0.5, 0.6) is 11.5 Å². The van der Waals surface area contributed by atoms with Crippen LogP contribution in [0, 0.1) is 5.92 Å². The second-order valence-corrected chi connectivity index (χ2v) is 5.92. The first kappa shape index (κ1) is 14.2. The van der Waals surface area contributed by atoms with E-state index in [9.17, 15) is 9.90 Å². The van der Waals surface area contributed by atoms with Crippen molar-refractivity contribution in [3.05, 3.63) is 23.8 Å². The number of benzene rings is 1. The third-order valence-electron chi connectivity index (χ3n) is 4.47. The predicted octanol–water partition coefficient (Wildman–Crippen LogP) is 2.71. The Bertz CT molecular complexity index is 531. The van der Waals surface area contributed by atoms with Gasteiger partial charge in [-0.15, -0.1) is 0 Å². The molecule has 0 saturated heterocycles. The molecule has 1 aliphatic heterocycles. The molecule has 1 aromatic rings. The smallest absolute Gasteiger partial charge is 0.325 e. The molecular formula is C16H21NO4. The van der Waals surface area contributed by atoms with Gasteiger partial charge in [0.2, 0.25) is 6.79 Å². The van der Waals surface area contributed by atoms with Gasteiger partial charge in [0.05, 0.1) is 0 Å². The van der Waals surface area contributed by atoms with Crippen LogP contribution >= 0.6 is 0 Å². The Balaban J connectivity index is 1.79. The van der Waals surface area contributed by atoms with Crippen molar-refractivity contribution in [2.45, 2.75) is 44.7 Å². The van der Waals surface area contributed by atoms with Crippen LogP contribution in [0.15, 0.2) is 18.2 Å². The maximum absolute atomic E-state index is 11.6. The number of carboxylic acid groups (broad SMARTS) is 1. The quantitative estimate of drug-likeness (QED) is 0.892. The number of ether oxygens (including phenoxy) is 2. The summed E-state index contributed by atoms with van der Waals surface area (Å²) in [4.78, 5) is 11.6. The van der Waals surface area contributed by atoms with Gasteiger partial charge in [0, 0.05) is 6.04 Å². The maximum Gasteiger partial charge on any atom is 0.325 e. The van der Waals surface area contributed by atoms with Crippen LogP contribution in [0.2, 0.25) is 0 Å². The highest BCUT2D eigenvalue weighted by Gasteiger charge is 2.29. The summed E-state index contributed by atoms with van der Waals surface area (Å²) in [7, 11) is 0. The third-order valence-corrected chi connectivity index (χ3v) is 4.47. The van der Waals surface area contributed by atoms with Gasteiger partial charge < -0.3 is 14.6 Å². The minimum Gasteiger partial charge on any atom is -0.480 e. The number of nitrogens with one attached hydrogen (secondary N) is 1. The van der Waals surface area contributed by atoms with Crippen molar-refractivity contribution in [3.8, 4) is 11.5 Å². The molecule has 2 aliphatic rings. The monoisotopic (exact) mass is 291 g/mol. The molecule has 0 bridgehead atoms. The predicted molar refractivity (Wildman–Crippen MR) is 77.5 cm³/mol. The van der Waals surface area contributed by atoms with E-state index in [1.807, 2.05) is 0 Å². The molecular weight excluding hydrogens is 270 g/mol. The first-order valence-electron chi connectivity index (χ1n) is 7.53. The van der Waals surface area contributed by atoms with Crippen molar-refractivity contribution in [1.82, 2.24) is 5.32 Å². The molecule has 0 radical (unpaired) electrons. The van der Waals surface area contributed by atoms with Crippen LogP contribution in [0.25, 0.3) is 0 Å². The molecule has 1 aromatic carbocycles. The number of hydrogen-bond acceptors (Lipinski definition) is 4. The summed E-state index contributed by atoms with van der Waals surface area (Å²) in [6.45, 7) is 2.39. The number of fused-ring (bicyclic) bond motifs is 1. The van der Waals surface area contributed by atoms with Gasteiger partial charge in [-0.25, -0.2) is 0 Å². The van der Waals surface area contributed by atoms with Gasteiger partial charge in [0.15, 0.2) is 11.5 Å². The number of hydrogen-bond donors (Lipinski definition) is 2. The van der Waals surface area contributed by atoms with Crippen molar-refractivity contribution in [2.75, 3.05) is 6.79 Å². The molecule has 1 fully saturated rings. The lowest BCUT2D eigenvalue weighted by atomic mass is 9.85. The Labute approximate surface area is 124 Å². The van der Waals surface area contributed by atoms with E-state index in [2.05, 4.69) is 12.2 Å². The van der Waals surface area contributed by atoms with Crippen molar-refractivity contribution in [2.24, 2.45) is 5.92 Å². The van der Waals surface area contributed by atoms with E-state index < -0.39 is 12.0 Å². The van der Waals surface area contributed by atoms with Crippen molar-refractivity contribution >= 4 is 5.97 Å². The Morgan fingerprint density at radius 2 is 2.05 bits per heavy atom. The molecule has 3 unspecified atom stereocenters. The van der Waals surface area contributed by atoms with Crippen molar-refractivity contribution in [3.63, 3.8) is 0 Å². The minimum absolute atomic E-state index is 0.198. The second-order valence-electron chi connectivity index (χ2n) is 5.92. The fraction of sp³-hybridized carbons (Fsp3) is 0.562. The Kier molecular flexibility index (Phi) is 4.01. The first-order chi connectivity index (χ1) is 10.1. The number of carboxylic acids is 1. The number of aliphatic carboxylic acids is 1. The van der Waals surface area contributed by atoms with Gasteiger partial charge in [-0.3, -0.25) is 10.1 Å². The van der Waals surface area contributed by atoms with E-state index in [-0.39, 0.29) is 12.8 Å². The summed E-state index contributed by atoms with van der Waals surface area (Å²) in [5.41, 5.74) is 0.713. The van der Waals surface area contributed by atoms with Crippen LogP contribution < -0.4 is 14.8 Å². The topological polar surface area (TPSA) is 67.8 Å². The molecule has 0 aromatic heterocycles. The lowest BCUT2D eigenvalue weighted by molar-refractivity contribution is -0.140. The van der Waals surface area contributed by atoms with E-state index in [4.69, 9.17) is 9.47 Å². The molecule has 1 saturated carbocycles. The van der Waals surface area contributed by atoms with E-state index in [1.54, 1.807) is 18.2 Å². The van der Waals surface area contributed by atoms with Crippen LogP contribution in [-0.2, 0) is 4.79 Å². The van der Waals surface area contributed by atoms with Gasteiger partial charge >= 0.3 is 5.97 Å². The summed E-state index contributed by atoms with van der Waals surface area (Å²) < 4.78 is 10.6. The Hall–Kier alpha value is -1.75. The number of carbonyl (C=O) groups is 1. The second kappa shape index (κ2) is 5.93. The molecule has 5 nitrogen and oxygen atoms in total. The van der Waals surface area contributed by atoms with Gasteiger partial charge in [-0.05, 0) is 36.5 Å². The summed E-state index contributed by atoms with van der Waals surface area (Å²) in [5, 5.41) is 12.9. The first-order valence-corrected chi connectivity index (χ1v) is 7.53. The summed E-state index contributed by atoms with van der Waals surface area (Å²) >= 11 is 0. The average Bonchev–Trinajstić information content (AvgIpc) is 2.93. The van der Waals surface area contributed by atoms with Crippen molar-refractivity contribution in [1.29, 1.82) is 0 Å². The average molecular weight is 291 g/mol. The van der Waals surface area contributed by atoms with Crippen molar-refractivity contribution < 1.29 is 19.4 Å². The summed E-state index contributed by atoms with van der Waals surface area (Å²) in [6, 6.07) is 4.89. The molecule has 21 heavy (non-hydrogen) atoms. The molecule has 1 aliphatic carbocycles. The standard InChI is InChI=1S/C16H21NO4/c1-10-4-2-3-5-12(10)17-15(16(18)19)11-6-7-13-14(8-11)21-9-20-13/h6-8,10,12,15,17H,2-5,9H2,1H3,(H,18,19). The SMILES string of the molecule is CC1CCCCC1NC(C(=O)O)c1ccc2c(c1)OCO2. The maximum atomic E-state index is 11.6. The molecule has 1 heterocycles. The minimum atomic E-state index is -0.855. The van der Waals surface area contributed by atoms with Gasteiger partial charge in [0.1, 0.15) is 6.04 Å². The Morgan fingerprint density at radius 3 is 2.81 bits per heavy atom. The molecule has 0 amide bonds. The summed E-state index contributed by atoms with van der Waals surface area (Å²) in [6.07, 6.45) is 4.59. The largest absolute Gasteiger partial charge is 0.480 e. The van der Waals surface area contributed by atoms with Gasteiger partial charge in [-0.2, -0.15) is 0 Å². The molecule has 3 rings (SSSR count). The molecule has 5 heteroatoms. The zero-order valence-electron chi connectivity index (χ0n) is 12.2. The van der Waals surface area contributed by atoms with Crippen LogP contribution in [0.3, 0.4) is 0 Å². The fourth-order valence-corrected chi connectivity index (χ4v) is 3.18. The highest BCUT2D eigenvalue weighted by Crippen LogP contribution is 2.35. The van der Waals surface area contributed by atoms with Crippen LogP contribution in [-0.4, -0.2) is 23.9 Å². The highest BCUT2D eigenvalue weighted by molar-refractivity contribution is 5.76. The van der Waals surface area contributed by atoms with E-state index >= 15 is 0 Å². The zero-order chi connectivity index (χ0) is 14.8. The van der Waals surface area contributed by atoms with Gasteiger partial charge in [-0.1, -0.05) is 25.8 Å². The lowest BCUT2D eigenvalue weighted by Crippen LogP contribution is -2.42. The zero-order valence-corrected chi connectivity index (χ0v) is 12.2. The normalized spacial score (nSPS) is 25.6. The molecule has 2 N–H and O–H groups in total. The Morgan fingerprint density at radius 1 is 1.29 bits per heavy atom. The molecule has 114 valence electrons. The third kappa shape index (κ3) is 2.97. The molecule has 3 atom stereocenters. The van der Waals surface area contributed by atoms with E-state index in [1.165, 1.54) is 6.42 Å². The van der Waals surface area contributed by atoms with Gasteiger partial charge in [0.25, 0.3) is 0 Å². The highest BCUT2D eigenvalue weighted by atomic mass is 16.7. The van der Waals surface area contributed by atoms with Crippen LogP contribution in [0.1, 0.15) is 44.2 Å². The lowest BCUT2D eigenvalue weighted by Gasteiger charge is -2.32. The number of rotatable bonds is 4. The van der Waals surface area contributed by atoms with E-state index in [0.717, 1.165) is 19.3 Å². The van der Waals surface area contributed by atoms with Crippen LogP contribution in [0.4, 0.5) is 0 Å². The van der Waals surface area contributed by atoms with E-state index in [0.29, 0.717) is 23.0 Å².